The van der Waals surface area contributed by atoms with Gasteiger partial charge in [0.05, 0.1) is 97.5 Å². The van der Waals surface area contributed by atoms with Crippen LogP contribution in [0.1, 0.15) is 98.7 Å². The molecule has 3 aliphatic heterocycles. The van der Waals surface area contributed by atoms with Gasteiger partial charge in [-0.3, -0.25) is 14.8 Å². The summed E-state index contributed by atoms with van der Waals surface area (Å²) >= 11 is 0. The first kappa shape index (κ1) is 73.1. The number of nitrogens with zero attached hydrogens (tertiary/aromatic N) is 7. The fourth-order valence-electron chi connectivity index (χ4n) is 10.9. The third kappa shape index (κ3) is 15.2. The molecule has 20 nitrogen and oxygen atoms in total. The number of pyridine rings is 1. The number of carbonyl (C=O) groups is 4. The molecule has 4 N–H and O–H groups in total. The van der Waals surface area contributed by atoms with Gasteiger partial charge in [0.2, 0.25) is 0 Å². The second kappa shape index (κ2) is 28.7. The van der Waals surface area contributed by atoms with Crippen LogP contribution in [0.3, 0.4) is 0 Å². The third-order valence-corrected chi connectivity index (χ3v) is 17.6. The fourth-order valence-corrected chi connectivity index (χ4v) is 12.8. The number of nitriles is 2. The van der Waals surface area contributed by atoms with Crippen molar-refractivity contribution >= 4 is 66.0 Å². The van der Waals surface area contributed by atoms with Crippen LogP contribution in [0.15, 0.2) is 160 Å². The van der Waals surface area contributed by atoms with Crippen molar-refractivity contribution in [3.63, 3.8) is 0 Å². The Kier molecular flexibility index (Phi) is 22.8. The van der Waals surface area contributed by atoms with Gasteiger partial charge in [-0.15, -0.1) is 6.58 Å². The lowest BCUT2D eigenvalue weighted by Crippen LogP contribution is -2.49. The second-order valence-corrected chi connectivity index (χ2v) is 25.0. The number of likely N-dealkylation sites (N-methyl/N-ethyl adjacent to an activating group) is 2. The maximum absolute atomic E-state index is 13.3. The SMILES string of the molecule is C.C.C=CC1CCCN[C@H]1[C@@H](O)c1ccnc2ccc(OC)cc12.CC1=C(C(=O)O)[C@@H](c2ccc(C#N)cc2S(C)(=O)=O)N(C)C(=O)N1c1cccc(C(F)(F)F)c1.CC1=C(C(=O)O)[C@@H](c2ccc(C#N)cc2S(C)(=O)=O)N(C)C(=O)N1c1cccc(C(F)(F)F)c1. The number of halogens is 6. The van der Waals surface area contributed by atoms with E-state index in [1.807, 2.05) is 30.3 Å². The number of nitrogens with one attached hydrogen (secondary N) is 1. The van der Waals surface area contributed by atoms with Crippen molar-refractivity contribution in [2.75, 3.05) is 50.1 Å². The molecule has 0 aliphatic carbocycles. The van der Waals surface area contributed by atoms with Crippen molar-refractivity contribution in [3.05, 3.63) is 190 Å². The van der Waals surface area contributed by atoms with Crippen LogP contribution < -0.4 is 19.9 Å². The summed E-state index contributed by atoms with van der Waals surface area (Å²) < 4.78 is 134. The Labute approximate surface area is 528 Å². The molecule has 9 rings (SSSR count). The van der Waals surface area contributed by atoms with Crippen LogP contribution in [0.2, 0.25) is 0 Å². The van der Waals surface area contributed by atoms with Crippen molar-refractivity contribution in [3.8, 4) is 17.9 Å². The number of ether oxygens (including phenoxy) is 1. The molecular formula is C64H66F6N8O12S2. The number of carbonyl (C=O) groups excluding carboxylic acids is 2. The molecule has 0 spiro atoms. The highest BCUT2D eigenvalue weighted by Crippen LogP contribution is 2.45. The third-order valence-electron chi connectivity index (χ3n) is 15.3. The number of carboxylic acid groups (broad SMARTS) is 2. The van der Waals surface area contributed by atoms with Gasteiger partial charge >= 0.3 is 36.4 Å². The van der Waals surface area contributed by atoms with Crippen LogP contribution in [-0.2, 0) is 41.6 Å². The molecular weight excluding hydrogens is 1250 g/mol. The minimum atomic E-state index is -4.69. The number of hydrogen-bond acceptors (Lipinski definition) is 14. The minimum absolute atomic E-state index is 0. The van der Waals surface area contributed by atoms with E-state index >= 15 is 0 Å². The average Bonchev–Trinajstić information content (AvgIpc) is 0.753. The predicted molar refractivity (Wildman–Crippen MR) is 330 cm³/mol. The molecule has 92 heavy (non-hydrogen) atoms. The molecule has 5 atom stereocenters. The Balaban J connectivity index is 0.000000253. The van der Waals surface area contributed by atoms with E-state index in [0.29, 0.717) is 0 Å². The normalized spacial score (nSPS) is 18.2. The first-order valence-corrected chi connectivity index (χ1v) is 30.7. The number of sulfone groups is 2. The van der Waals surface area contributed by atoms with Crippen LogP contribution >= 0.6 is 0 Å². The molecule has 3 aliphatic rings. The Hall–Kier alpha value is -9.61. The maximum atomic E-state index is 13.3. The first-order valence-electron chi connectivity index (χ1n) is 26.9. The summed E-state index contributed by atoms with van der Waals surface area (Å²) in [6, 6.07) is 21.7. The number of aliphatic hydroxyl groups excluding tert-OH is 1. The predicted octanol–water partition coefficient (Wildman–Crippen LogP) is 12.0. The number of aromatic nitrogens is 1. The number of anilines is 2. The van der Waals surface area contributed by atoms with Crippen LogP contribution in [0.5, 0.6) is 5.75 Å². The van der Waals surface area contributed by atoms with Gasteiger partial charge in [-0.05, 0) is 141 Å². The lowest BCUT2D eigenvalue weighted by atomic mass is 9.84. The van der Waals surface area contributed by atoms with Crippen LogP contribution in [0, 0.1) is 28.6 Å². The van der Waals surface area contributed by atoms with Gasteiger partial charge in [0.15, 0.2) is 19.7 Å². The molecule has 488 valence electrons. The van der Waals surface area contributed by atoms with Crippen molar-refractivity contribution in [1.82, 2.24) is 20.1 Å². The highest BCUT2D eigenvalue weighted by atomic mass is 32.2. The molecule has 1 fully saturated rings. The summed E-state index contributed by atoms with van der Waals surface area (Å²) in [5.41, 5.74) is -1.98. The lowest BCUT2D eigenvalue weighted by Gasteiger charge is -2.41. The molecule has 0 radical (unpaired) electrons. The monoisotopic (exact) mass is 1320 g/mol. The topological polar surface area (TPSA) is 292 Å². The van der Waals surface area contributed by atoms with E-state index in [1.54, 1.807) is 25.4 Å². The van der Waals surface area contributed by atoms with Crippen molar-refractivity contribution < 1.29 is 82.4 Å². The number of rotatable bonds is 12. The molecule has 1 aromatic heterocycles. The van der Waals surface area contributed by atoms with E-state index in [1.165, 1.54) is 64.3 Å². The van der Waals surface area contributed by atoms with E-state index in [0.717, 1.165) is 122 Å². The van der Waals surface area contributed by atoms with Crippen molar-refractivity contribution in [2.24, 2.45) is 5.92 Å². The zero-order valence-electron chi connectivity index (χ0n) is 49.0. The number of hydrogen-bond donors (Lipinski definition) is 4. The van der Waals surface area contributed by atoms with Crippen molar-refractivity contribution in [1.29, 1.82) is 10.5 Å². The largest absolute Gasteiger partial charge is 0.497 e. The summed E-state index contributed by atoms with van der Waals surface area (Å²) in [4.78, 5) is 58.4. The number of alkyl halides is 6. The summed E-state index contributed by atoms with van der Waals surface area (Å²) in [7, 11) is -3.83. The van der Waals surface area contributed by atoms with Gasteiger partial charge in [-0.2, -0.15) is 36.9 Å². The lowest BCUT2D eigenvalue weighted by molar-refractivity contribution is -0.138. The Morgan fingerprint density at radius 3 is 1.54 bits per heavy atom. The number of carboxylic acids is 2. The molecule has 28 heteroatoms. The minimum Gasteiger partial charge on any atom is -0.497 e. The quantitative estimate of drug-likeness (QED) is 0.0654. The molecule has 4 heterocycles. The Morgan fingerprint density at radius 2 is 1.16 bits per heavy atom. The molecule has 5 aromatic carbocycles. The highest BCUT2D eigenvalue weighted by Gasteiger charge is 2.45. The number of fused-ring (bicyclic) bond motifs is 1. The Morgan fingerprint density at radius 1 is 0.717 bits per heavy atom. The highest BCUT2D eigenvalue weighted by molar-refractivity contribution is 7.91. The number of allylic oxidation sites excluding steroid dienone is 2. The smallest absolute Gasteiger partial charge is 0.416 e. The summed E-state index contributed by atoms with van der Waals surface area (Å²) in [6.07, 6.45) is -2.35. The molecule has 0 bridgehead atoms. The zero-order valence-corrected chi connectivity index (χ0v) is 50.6. The second-order valence-electron chi connectivity index (χ2n) is 21.0. The number of aliphatic carboxylic acids is 2. The fraction of sp³-hybridized carbons (Fsp3) is 0.297. The zero-order chi connectivity index (χ0) is 66.7. The summed E-state index contributed by atoms with van der Waals surface area (Å²) in [5.74, 6) is -1.95. The van der Waals surface area contributed by atoms with Gasteiger partial charge in [0.25, 0.3) is 0 Å². The number of aliphatic hydroxyl groups is 1. The van der Waals surface area contributed by atoms with E-state index in [4.69, 9.17) is 15.3 Å². The standard InChI is InChI=1S/2C22H18F3N3O5S.C18H22N2O2.2CH4/c2*1-12-18(20(29)30)19(16-8-7-13(11-26)9-17(16)34(3,32)33)27(2)21(31)28(12)15-6-4-5-14(10-15)22(23,24)25;1-3-12-5-4-9-20-17(12)18(21)14-8-10-19-16-7-6-13(22-2)11-15(14)16;;/h2*4-10,19H,1-3H3,(H,29,30);3,6-8,10-12,17-18,20-21H,1,4-5,9H2,2H3;2*1H4/t2*19-;12?,17-,18+;;/m111../s1. The molecule has 0 saturated carbocycles. The number of piperidine rings is 1. The van der Waals surface area contributed by atoms with Gasteiger partial charge in [-0.1, -0.05) is 45.2 Å². The molecule has 1 unspecified atom stereocenters. The van der Waals surface area contributed by atoms with Crippen molar-refractivity contribution in [2.45, 2.75) is 87.9 Å². The van der Waals surface area contributed by atoms with Crippen LogP contribution in [-0.4, -0.2) is 117 Å². The summed E-state index contributed by atoms with van der Waals surface area (Å²) in [6.45, 7) is 7.36. The van der Waals surface area contributed by atoms with Gasteiger partial charge in [0.1, 0.15) is 5.75 Å². The molecule has 4 amide bonds. The van der Waals surface area contributed by atoms with E-state index in [-0.39, 0.29) is 81.6 Å². The van der Waals surface area contributed by atoms with Crippen LogP contribution in [0.25, 0.3) is 10.9 Å². The number of amides is 4. The van der Waals surface area contributed by atoms with E-state index in [2.05, 4.69) is 16.9 Å². The van der Waals surface area contributed by atoms with Crippen LogP contribution in [0.4, 0.5) is 47.3 Å². The van der Waals surface area contributed by atoms with Gasteiger partial charge < -0.3 is 35.2 Å². The molecule has 6 aromatic rings. The van der Waals surface area contributed by atoms with Gasteiger partial charge in [-0.25, -0.2) is 36.0 Å². The Bertz CT molecular complexity index is 4050. The summed E-state index contributed by atoms with van der Waals surface area (Å²) in [5, 5.41) is 53.6. The first-order chi connectivity index (χ1) is 42.1. The van der Waals surface area contributed by atoms with Gasteiger partial charge in [0, 0.05) is 55.6 Å². The average molecular weight is 1320 g/mol. The van der Waals surface area contributed by atoms with E-state index in [9.17, 15) is 77.7 Å². The maximum Gasteiger partial charge on any atom is 0.416 e. The number of methoxy groups -OCH3 is 1. The van der Waals surface area contributed by atoms with E-state index < -0.39 is 96.5 Å². The number of urea groups is 2. The molecule has 1 saturated heterocycles. The number of benzene rings is 5.